The van der Waals surface area contributed by atoms with Gasteiger partial charge in [0, 0.05) is 0 Å². The summed E-state index contributed by atoms with van der Waals surface area (Å²) in [6, 6.07) is -0.687. The molecule has 0 bridgehead atoms. The van der Waals surface area contributed by atoms with E-state index >= 15 is 0 Å². The van der Waals surface area contributed by atoms with Crippen LogP contribution in [-0.4, -0.2) is 35.8 Å². The molecule has 0 heterocycles. The van der Waals surface area contributed by atoms with Gasteiger partial charge in [-0.25, -0.2) is 0 Å². The number of hydrogen-bond acceptors (Lipinski definition) is 4. The first-order valence-corrected chi connectivity index (χ1v) is 6.40. The van der Waals surface area contributed by atoms with E-state index in [9.17, 15) is 14.4 Å². The zero-order valence-corrected chi connectivity index (χ0v) is 11.4. The Kier molecular flexibility index (Phi) is 4.88. The highest BCUT2D eigenvalue weighted by molar-refractivity contribution is 5.94. The molecule has 0 aromatic carbocycles. The number of primary amides is 1. The van der Waals surface area contributed by atoms with E-state index < -0.39 is 23.4 Å². The van der Waals surface area contributed by atoms with Crippen LogP contribution >= 0.6 is 0 Å². The normalized spacial score (nSPS) is 17.7. The van der Waals surface area contributed by atoms with E-state index in [-0.39, 0.29) is 18.4 Å². The summed E-state index contributed by atoms with van der Waals surface area (Å²) in [7, 11) is 0. The second kappa shape index (κ2) is 6.01. The fraction of sp³-hybridized carbons (Fsp3) is 0.750. The smallest absolute Gasteiger partial charge is 0.243 e. The number of hydrogen-bond donors (Lipinski definition) is 4. The average molecular weight is 270 g/mol. The predicted molar refractivity (Wildman–Crippen MR) is 69.7 cm³/mol. The van der Waals surface area contributed by atoms with Crippen molar-refractivity contribution in [1.29, 1.82) is 0 Å². The summed E-state index contributed by atoms with van der Waals surface area (Å²) < 4.78 is 0. The second-order valence-corrected chi connectivity index (χ2v) is 5.50. The van der Waals surface area contributed by atoms with Crippen LogP contribution in [0.25, 0.3) is 0 Å². The van der Waals surface area contributed by atoms with E-state index in [1.807, 2.05) is 13.8 Å². The maximum atomic E-state index is 11.9. The average Bonchev–Trinajstić information content (AvgIpc) is 3.04. The van der Waals surface area contributed by atoms with Gasteiger partial charge in [0.1, 0.15) is 6.04 Å². The molecular weight excluding hydrogens is 248 g/mol. The lowest BCUT2D eigenvalue weighted by Crippen LogP contribution is -2.53. The number of carbonyl (C=O) groups is 3. The third-order valence-electron chi connectivity index (χ3n) is 3.01. The van der Waals surface area contributed by atoms with E-state index in [0.29, 0.717) is 19.3 Å². The quantitative estimate of drug-likeness (QED) is 0.454. The summed E-state index contributed by atoms with van der Waals surface area (Å²) in [6.07, 6.45) is 1.75. The molecule has 1 aliphatic carbocycles. The van der Waals surface area contributed by atoms with Gasteiger partial charge in [0.15, 0.2) is 0 Å². The fourth-order valence-electron chi connectivity index (χ4n) is 1.66. The summed E-state index contributed by atoms with van der Waals surface area (Å²) in [4.78, 5) is 34.4. The van der Waals surface area contributed by atoms with Gasteiger partial charge in [0.05, 0.1) is 12.1 Å². The Morgan fingerprint density at radius 3 is 2.26 bits per heavy atom. The minimum Gasteiger partial charge on any atom is -0.368 e. The number of nitrogens with two attached hydrogens (primary N) is 2. The highest BCUT2D eigenvalue weighted by atomic mass is 16.2. The molecule has 1 aliphatic rings. The molecule has 0 saturated heterocycles. The number of rotatable bonds is 7. The minimum absolute atomic E-state index is 0.220. The molecule has 7 nitrogen and oxygen atoms in total. The topological polar surface area (TPSA) is 127 Å². The first-order valence-electron chi connectivity index (χ1n) is 6.40. The highest BCUT2D eigenvalue weighted by Crippen LogP contribution is 2.32. The maximum absolute atomic E-state index is 11.9. The molecule has 3 amide bonds. The van der Waals surface area contributed by atoms with E-state index in [0.717, 1.165) is 0 Å². The fourth-order valence-corrected chi connectivity index (χ4v) is 1.66. The van der Waals surface area contributed by atoms with Gasteiger partial charge in [-0.15, -0.1) is 0 Å². The Morgan fingerprint density at radius 1 is 1.26 bits per heavy atom. The third-order valence-corrected chi connectivity index (χ3v) is 3.01. The molecule has 0 unspecified atom stereocenters. The number of amides is 3. The molecule has 6 N–H and O–H groups in total. The van der Waals surface area contributed by atoms with Crippen LogP contribution in [0, 0.1) is 5.92 Å². The van der Waals surface area contributed by atoms with Crippen LogP contribution in [0.5, 0.6) is 0 Å². The van der Waals surface area contributed by atoms with Crippen molar-refractivity contribution in [3.8, 4) is 0 Å². The summed E-state index contributed by atoms with van der Waals surface area (Å²) >= 11 is 0. The Balaban J connectivity index is 2.57. The molecule has 0 aromatic rings. The Morgan fingerprint density at radius 2 is 1.84 bits per heavy atom. The van der Waals surface area contributed by atoms with Crippen molar-refractivity contribution in [2.45, 2.75) is 44.7 Å². The van der Waals surface area contributed by atoms with E-state index in [4.69, 9.17) is 11.5 Å². The summed E-state index contributed by atoms with van der Waals surface area (Å²) in [6.45, 7) is 3.64. The molecule has 0 spiro atoms. The molecule has 0 aromatic heterocycles. The first-order chi connectivity index (χ1) is 8.74. The largest absolute Gasteiger partial charge is 0.368 e. The molecule has 1 rings (SSSR count). The predicted octanol–water partition coefficient (Wildman–Crippen LogP) is -1.39. The van der Waals surface area contributed by atoms with Crippen molar-refractivity contribution in [3.63, 3.8) is 0 Å². The molecule has 0 aliphatic heterocycles. The van der Waals surface area contributed by atoms with E-state index in [1.54, 1.807) is 0 Å². The van der Waals surface area contributed by atoms with Crippen LogP contribution in [0.4, 0.5) is 0 Å². The van der Waals surface area contributed by atoms with Crippen molar-refractivity contribution >= 4 is 17.7 Å². The summed E-state index contributed by atoms with van der Waals surface area (Å²) in [5.74, 6) is -1.13. The maximum Gasteiger partial charge on any atom is 0.243 e. The van der Waals surface area contributed by atoms with Crippen LogP contribution < -0.4 is 22.1 Å². The molecule has 0 radical (unpaired) electrons. The monoisotopic (exact) mass is 270 g/mol. The number of nitrogens with one attached hydrogen (secondary N) is 2. The zero-order chi connectivity index (χ0) is 14.6. The Bertz CT molecular complexity index is 377. The van der Waals surface area contributed by atoms with Crippen LogP contribution in [0.15, 0.2) is 0 Å². The van der Waals surface area contributed by atoms with E-state index in [2.05, 4.69) is 10.6 Å². The molecular formula is C12H22N4O3. The molecule has 1 atom stereocenters. The standard InChI is InChI=1S/C12H22N4O3/c1-7(2)5-8(10(18)15-6-9(13)17)16-11(19)12(14)3-4-12/h7-8H,3-6,14H2,1-2H3,(H2,13,17)(H,15,18)(H,16,19)/t8-/m0/s1. The summed E-state index contributed by atoms with van der Waals surface area (Å²) in [5, 5.41) is 5.04. The first kappa shape index (κ1) is 15.4. The van der Waals surface area contributed by atoms with Gasteiger partial charge < -0.3 is 22.1 Å². The van der Waals surface area contributed by atoms with Crippen molar-refractivity contribution in [3.05, 3.63) is 0 Å². The Hall–Kier alpha value is -1.63. The molecule has 7 heteroatoms. The van der Waals surface area contributed by atoms with Crippen LogP contribution in [0.2, 0.25) is 0 Å². The third kappa shape index (κ3) is 4.86. The lowest BCUT2D eigenvalue weighted by atomic mass is 10.0. The van der Waals surface area contributed by atoms with Crippen LogP contribution in [0.1, 0.15) is 33.1 Å². The van der Waals surface area contributed by atoms with Gasteiger partial charge in [-0.3, -0.25) is 14.4 Å². The molecule has 108 valence electrons. The SMILES string of the molecule is CC(C)C[C@H](NC(=O)C1(N)CC1)C(=O)NCC(N)=O. The molecule has 19 heavy (non-hydrogen) atoms. The highest BCUT2D eigenvalue weighted by Gasteiger charge is 2.46. The van der Waals surface area contributed by atoms with Crippen molar-refractivity contribution in [2.24, 2.45) is 17.4 Å². The van der Waals surface area contributed by atoms with Gasteiger partial charge in [-0.2, -0.15) is 0 Å². The molecule has 1 fully saturated rings. The Labute approximate surface area is 112 Å². The minimum atomic E-state index is -0.820. The lowest BCUT2D eigenvalue weighted by Gasteiger charge is -2.21. The zero-order valence-electron chi connectivity index (χ0n) is 11.4. The van der Waals surface area contributed by atoms with Gasteiger partial charge in [0.2, 0.25) is 17.7 Å². The van der Waals surface area contributed by atoms with Gasteiger partial charge in [-0.1, -0.05) is 13.8 Å². The molecule has 1 saturated carbocycles. The van der Waals surface area contributed by atoms with Crippen molar-refractivity contribution < 1.29 is 14.4 Å². The van der Waals surface area contributed by atoms with Crippen LogP contribution in [0.3, 0.4) is 0 Å². The van der Waals surface area contributed by atoms with E-state index in [1.165, 1.54) is 0 Å². The summed E-state index contributed by atoms with van der Waals surface area (Å²) in [5.41, 5.74) is 9.92. The van der Waals surface area contributed by atoms with Crippen molar-refractivity contribution in [1.82, 2.24) is 10.6 Å². The van der Waals surface area contributed by atoms with Crippen LogP contribution in [-0.2, 0) is 14.4 Å². The van der Waals surface area contributed by atoms with Gasteiger partial charge in [-0.05, 0) is 25.2 Å². The van der Waals surface area contributed by atoms with Gasteiger partial charge in [0.25, 0.3) is 0 Å². The van der Waals surface area contributed by atoms with Gasteiger partial charge >= 0.3 is 0 Å². The lowest BCUT2D eigenvalue weighted by molar-refractivity contribution is -0.131. The second-order valence-electron chi connectivity index (χ2n) is 5.50. The van der Waals surface area contributed by atoms with Crippen molar-refractivity contribution in [2.75, 3.05) is 6.54 Å². The number of carbonyl (C=O) groups excluding carboxylic acids is 3.